The van der Waals surface area contributed by atoms with Gasteiger partial charge in [0.15, 0.2) is 11.4 Å². The van der Waals surface area contributed by atoms with Crippen molar-refractivity contribution >= 4 is 23.4 Å². The van der Waals surface area contributed by atoms with Gasteiger partial charge in [0.25, 0.3) is 0 Å². The van der Waals surface area contributed by atoms with E-state index in [-0.39, 0.29) is 10.6 Å². The molecule has 7 heteroatoms. The van der Waals surface area contributed by atoms with Crippen molar-refractivity contribution in [2.24, 2.45) is 5.92 Å². The Morgan fingerprint density at radius 3 is 2.56 bits per heavy atom. The summed E-state index contributed by atoms with van der Waals surface area (Å²) >= 11 is 6.47. The smallest absolute Gasteiger partial charge is 0.341 e. The predicted octanol–water partition coefficient (Wildman–Crippen LogP) is 5.03. The number of hydrogen-bond donors (Lipinski definition) is 0. The van der Waals surface area contributed by atoms with Crippen LogP contribution in [0.2, 0.25) is 0 Å². The third-order valence-corrected chi connectivity index (χ3v) is 6.57. The quantitative estimate of drug-likeness (QED) is 0.301. The first kappa shape index (κ1) is 24.2. The zero-order valence-corrected chi connectivity index (χ0v) is 20.3. The third-order valence-electron chi connectivity index (χ3n) is 6.19. The molecule has 0 radical (unpaired) electrons. The van der Waals surface area contributed by atoms with E-state index in [2.05, 4.69) is 19.9 Å². The number of allylic oxidation sites excluding steroid dienone is 6. The van der Waals surface area contributed by atoms with Gasteiger partial charge in [0.1, 0.15) is 11.3 Å². The first-order valence-corrected chi connectivity index (χ1v) is 10.9. The Morgan fingerprint density at radius 1 is 1.31 bits per heavy atom. The van der Waals surface area contributed by atoms with E-state index in [1.165, 1.54) is 27.4 Å². The van der Waals surface area contributed by atoms with Crippen LogP contribution in [-0.4, -0.2) is 37.4 Å². The second-order valence-electron chi connectivity index (χ2n) is 8.41. The van der Waals surface area contributed by atoms with Crippen LogP contribution >= 0.6 is 11.6 Å². The first-order valence-electron chi connectivity index (χ1n) is 10.5. The fourth-order valence-corrected chi connectivity index (χ4v) is 4.29. The molecule has 2 atom stereocenters. The van der Waals surface area contributed by atoms with Crippen molar-refractivity contribution in [3.05, 3.63) is 69.2 Å². The zero-order chi connectivity index (χ0) is 23.8. The summed E-state index contributed by atoms with van der Waals surface area (Å²) < 4.78 is 22.3. The van der Waals surface area contributed by atoms with E-state index in [9.17, 15) is 9.59 Å². The van der Waals surface area contributed by atoms with Crippen LogP contribution in [0.5, 0.6) is 0 Å². The topological polar surface area (TPSA) is 71.1 Å². The molecule has 0 aromatic carbocycles. The molecule has 1 aliphatic carbocycles. The Balaban J connectivity index is 2.10. The zero-order valence-electron chi connectivity index (χ0n) is 19.5. The highest BCUT2D eigenvalue weighted by atomic mass is 35.5. The molecule has 0 aromatic rings. The summed E-state index contributed by atoms with van der Waals surface area (Å²) in [5.74, 6) is -1.63. The molecular weight excluding hydrogens is 432 g/mol. The van der Waals surface area contributed by atoms with Crippen molar-refractivity contribution in [3.63, 3.8) is 0 Å². The molecule has 32 heavy (non-hydrogen) atoms. The lowest BCUT2D eigenvalue weighted by Crippen LogP contribution is -2.43. The molecule has 0 saturated carbocycles. The van der Waals surface area contributed by atoms with Crippen LogP contribution in [0.25, 0.3) is 0 Å². The Bertz CT molecular complexity index is 1030. The standard InChI is InChI=1S/C25H29ClO6/c1-8-14(2)11-15(3)9-10-16-12-17-18(13-31-16)19-20(25(5,29-6)30-7)23(28)32-24(19,4)22(27)21(17)26/h9-14H,8H2,1-7H3/b10-9+,15-11+/t14-,24+/m0/s1. The highest BCUT2D eigenvalue weighted by Crippen LogP contribution is 2.51. The maximum Gasteiger partial charge on any atom is 0.341 e. The monoisotopic (exact) mass is 460 g/mol. The lowest BCUT2D eigenvalue weighted by Gasteiger charge is -2.34. The molecule has 0 bridgehead atoms. The molecular formula is C25H29ClO6. The number of Topliss-reactive ketones (excluding diaryl/α,β-unsaturated/α-hetero) is 1. The Kier molecular flexibility index (Phi) is 6.70. The van der Waals surface area contributed by atoms with Gasteiger partial charge in [-0.1, -0.05) is 49.6 Å². The molecule has 3 aliphatic rings. The van der Waals surface area contributed by atoms with Gasteiger partial charge in [-0.3, -0.25) is 4.79 Å². The molecule has 0 amide bonds. The molecule has 0 unspecified atom stereocenters. The average Bonchev–Trinajstić information content (AvgIpc) is 3.07. The summed E-state index contributed by atoms with van der Waals surface area (Å²) in [4.78, 5) is 26.0. The van der Waals surface area contributed by atoms with Gasteiger partial charge >= 0.3 is 5.97 Å². The van der Waals surface area contributed by atoms with Crippen LogP contribution in [-0.2, 0) is 28.5 Å². The number of methoxy groups -OCH3 is 2. The average molecular weight is 461 g/mol. The van der Waals surface area contributed by atoms with Crippen LogP contribution < -0.4 is 0 Å². The molecule has 2 heterocycles. The summed E-state index contributed by atoms with van der Waals surface area (Å²) in [6, 6.07) is 0. The summed E-state index contributed by atoms with van der Waals surface area (Å²) in [5.41, 5.74) is 0.907. The van der Waals surface area contributed by atoms with E-state index in [1.807, 2.05) is 19.1 Å². The SMILES string of the molecule is CC[C@H](C)/C=C(C)/C=C/C1=CC2=C(Cl)C(=O)[C@]3(C)OC(=O)C(C(C)(OC)OC)=C3C2=CO1. The minimum absolute atomic E-state index is 0.0193. The Hall–Kier alpha value is -2.41. The molecule has 6 nitrogen and oxygen atoms in total. The molecule has 0 saturated heterocycles. The second kappa shape index (κ2) is 8.85. The highest BCUT2D eigenvalue weighted by molar-refractivity contribution is 6.46. The van der Waals surface area contributed by atoms with Crippen LogP contribution in [0, 0.1) is 5.92 Å². The first-order chi connectivity index (χ1) is 15.0. The van der Waals surface area contributed by atoms with Gasteiger partial charge in [0, 0.05) is 30.9 Å². The van der Waals surface area contributed by atoms with Gasteiger partial charge in [0.2, 0.25) is 5.78 Å². The van der Waals surface area contributed by atoms with E-state index in [0.29, 0.717) is 28.4 Å². The van der Waals surface area contributed by atoms with Crippen molar-refractivity contribution in [2.75, 3.05) is 14.2 Å². The van der Waals surface area contributed by atoms with Crippen molar-refractivity contribution < 1.29 is 28.5 Å². The summed E-state index contributed by atoms with van der Waals surface area (Å²) in [7, 11) is 2.83. The minimum Gasteiger partial charge on any atom is -0.464 e. The molecule has 0 N–H and O–H groups in total. The van der Waals surface area contributed by atoms with Crippen LogP contribution in [0.15, 0.2) is 69.2 Å². The number of rotatable bonds is 7. The second-order valence-corrected chi connectivity index (χ2v) is 8.79. The van der Waals surface area contributed by atoms with E-state index in [0.717, 1.165) is 12.0 Å². The van der Waals surface area contributed by atoms with E-state index >= 15 is 0 Å². The van der Waals surface area contributed by atoms with Crippen LogP contribution in [0.1, 0.15) is 41.0 Å². The maximum atomic E-state index is 13.2. The Morgan fingerprint density at radius 2 is 1.97 bits per heavy atom. The van der Waals surface area contributed by atoms with Crippen molar-refractivity contribution in [1.29, 1.82) is 0 Å². The molecule has 0 spiro atoms. The fraction of sp³-hybridized carbons (Fsp3) is 0.440. The normalized spacial score (nSPS) is 24.8. The third kappa shape index (κ3) is 3.91. The van der Waals surface area contributed by atoms with Gasteiger partial charge in [-0.05, 0) is 38.8 Å². The number of carbonyl (C=O) groups is 2. The number of carbonyl (C=O) groups excluding carboxylic acids is 2. The lowest BCUT2D eigenvalue weighted by atomic mass is 9.75. The molecule has 3 rings (SSSR count). The van der Waals surface area contributed by atoms with Crippen molar-refractivity contribution in [3.8, 4) is 0 Å². The summed E-state index contributed by atoms with van der Waals surface area (Å²) in [6.07, 6.45) is 10.2. The number of ketones is 1. The number of fused-ring (bicyclic) bond motifs is 3. The fourth-order valence-electron chi connectivity index (χ4n) is 3.95. The van der Waals surface area contributed by atoms with Crippen molar-refractivity contribution in [1.82, 2.24) is 0 Å². The lowest BCUT2D eigenvalue weighted by molar-refractivity contribution is -0.176. The summed E-state index contributed by atoms with van der Waals surface area (Å²) in [5, 5.41) is -0.0193. The van der Waals surface area contributed by atoms with E-state index in [4.69, 9.17) is 30.5 Å². The predicted molar refractivity (Wildman–Crippen MR) is 121 cm³/mol. The van der Waals surface area contributed by atoms with Crippen molar-refractivity contribution in [2.45, 2.75) is 52.4 Å². The van der Waals surface area contributed by atoms with Gasteiger partial charge in [-0.2, -0.15) is 0 Å². The minimum atomic E-state index is -1.59. The molecule has 0 aromatic heterocycles. The number of esters is 1. The Labute approximate surface area is 193 Å². The highest BCUT2D eigenvalue weighted by Gasteiger charge is 2.59. The van der Waals surface area contributed by atoms with E-state index < -0.39 is 23.1 Å². The van der Waals surface area contributed by atoms with Gasteiger partial charge in [0.05, 0.1) is 11.3 Å². The van der Waals surface area contributed by atoms with E-state index in [1.54, 1.807) is 13.0 Å². The summed E-state index contributed by atoms with van der Waals surface area (Å²) in [6.45, 7) is 9.42. The van der Waals surface area contributed by atoms with Gasteiger partial charge in [-0.25, -0.2) is 4.79 Å². The van der Waals surface area contributed by atoms with Crippen LogP contribution in [0.3, 0.4) is 0 Å². The van der Waals surface area contributed by atoms with Crippen LogP contribution in [0.4, 0.5) is 0 Å². The number of hydrogen-bond acceptors (Lipinski definition) is 6. The molecule has 2 aliphatic heterocycles. The molecule has 0 fully saturated rings. The van der Waals surface area contributed by atoms with Gasteiger partial charge in [-0.15, -0.1) is 0 Å². The largest absolute Gasteiger partial charge is 0.464 e. The maximum absolute atomic E-state index is 13.2. The number of halogens is 1. The van der Waals surface area contributed by atoms with Gasteiger partial charge < -0.3 is 18.9 Å². The molecule has 172 valence electrons. The number of ether oxygens (including phenoxy) is 4.